The Kier molecular flexibility index (Phi) is 18.0. The fraction of sp³-hybridized carbons (Fsp3) is 1.00. The molecule has 0 amide bonds. The van der Waals surface area contributed by atoms with E-state index in [9.17, 15) is 0 Å². The number of hydrogen-bond acceptors (Lipinski definition) is 5. The van der Waals surface area contributed by atoms with Gasteiger partial charge < -0.3 is 18.9 Å². The van der Waals surface area contributed by atoms with Crippen molar-refractivity contribution < 1.29 is 18.9 Å². The zero-order valence-electron chi connectivity index (χ0n) is 15.8. The largest absolute Gasteiger partial charge is 0.355 e. The van der Waals surface area contributed by atoms with Crippen LogP contribution in [-0.2, 0) is 18.9 Å². The number of unbranched alkanes of at least 4 members (excludes halogenated alkanes) is 2. The summed E-state index contributed by atoms with van der Waals surface area (Å²) >= 11 is 0. The summed E-state index contributed by atoms with van der Waals surface area (Å²) in [6.07, 6.45) is 8.36. The van der Waals surface area contributed by atoms with Crippen LogP contribution < -0.4 is 5.32 Å². The second-order valence-corrected chi connectivity index (χ2v) is 5.81. The van der Waals surface area contributed by atoms with Gasteiger partial charge in [0.2, 0.25) is 0 Å². The van der Waals surface area contributed by atoms with E-state index in [2.05, 4.69) is 33.0 Å². The summed E-state index contributed by atoms with van der Waals surface area (Å²) in [5.74, 6) is 0. The Morgan fingerprint density at radius 1 is 0.652 bits per heavy atom. The Labute approximate surface area is 143 Å². The molecule has 0 rings (SSSR count). The second kappa shape index (κ2) is 18.1. The average Bonchev–Trinajstić information content (AvgIpc) is 2.54. The summed E-state index contributed by atoms with van der Waals surface area (Å²) in [6, 6.07) is 0. The van der Waals surface area contributed by atoms with Gasteiger partial charge in [-0.1, -0.05) is 53.4 Å². The Bertz CT molecular complexity index is 207. The van der Waals surface area contributed by atoms with Gasteiger partial charge in [0.1, 0.15) is 26.0 Å². The lowest BCUT2D eigenvalue weighted by Gasteiger charge is -2.25. The van der Waals surface area contributed by atoms with Gasteiger partial charge in [-0.25, -0.2) is 0 Å². The van der Waals surface area contributed by atoms with Crippen LogP contribution in [0.4, 0.5) is 0 Å². The molecule has 2 unspecified atom stereocenters. The minimum absolute atomic E-state index is 0.0335. The van der Waals surface area contributed by atoms with Crippen molar-refractivity contribution in [2.75, 3.05) is 26.8 Å². The minimum atomic E-state index is -0.0335. The molecule has 0 bridgehead atoms. The molecule has 0 saturated heterocycles. The van der Waals surface area contributed by atoms with Crippen molar-refractivity contribution in [2.45, 2.75) is 91.5 Å². The van der Waals surface area contributed by atoms with Crippen LogP contribution in [0.1, 0.15) is 79.1 Å². The van der Waals surface area contributed by atoms with Crippen LogP contribution in [0.2, 0.25) is 0 Å². The van der Waals surface area contributed by atoms with Crippen molar-refractivity contribution in [1.82, 2.24) is 5.32 Å². The van der Waals surface area contributed by atoms with E-state index in [1.807, 2.05) is 0 Å². The molecule has 5 nitrogen and oxygen atoms in total. The Morgan fingerprint density at radius 3 is 1.43 bits per heavy atom. The summed E-state index contributed by atoms with van der Waals surface area (Å²) in [6.45, 7) is 10.8. The minimum Gasteiger partial charge on any atom is -0.355 e. The van der Waals surface area contributed by atoms with Gasteiger partial charge in [0.15, 0.2) is 0 Å². The highest BCUT2D eigenvalue weighted by molar-refractivity contribution is 4.60. The summed E-state index contributed by atoms with van der Waals surface area (Å²) < 4.78 is 22.6. The Hall–Kier alpha value is -0.200. The number of hydrogen-bond donors (Lipinski definition) is 1. The van der Waals surface area contributed by atoms with Gasteiger partial charge in [-0.15, -0.1) is 0 Å². The first-order chi connectivity index (χ1) is 11.3. The van der Waals surface area contributed by atoms with Gasteiger partial charge in [0.05, 0.1) is 0 Å². The molecule has 0 fully saturated rings. The molecule has 0 radical (unpaired) electrons. The normalized spacial score (nSPS) is 14.1. The molecule has 0 heterocycles. The van der Waals surface area contributed by atoms with Crippen molar-refractivity contribution in [3.63, 3.8) is 0 Å². The van der Waals surface area contributed by atoms with Gasteiger partial charge in [-0.3, -0.25) is 5.32 Å². The molecule has 0 aliphatic heterocycles. The van der Waals surface area contributed by atoms with Crippen molar-refractivity contribution >= 4 is 0 Å². The number of rotatable bonds is 18. The molecule has 0 saturated carbocycles. The summed E-state index contributed by atoms with van der Waals surface area (Å²) in [5.41, 5.74) is 0. The zero-order valence-corrected chi connectivity index (χ0v) is 15.8. The van der Waals surface area contributed by atoms with E-state index in [1.54, 1.807) is 0 Å². The summed E-state index contributed by atoms with van der Waals surface area (Å²) in [4.78, 5) is 0. The van der Waals surface area contributed by atoms with E-state index in [0.717, 1.165) is 64.6 Å². The highest BCUT2D eigenvalue weighted by atomic mass is 16.7. The van der Waals surface area contributed by atoms with E-state index >= 15 is 0 Å². The maximum Gasteiger partial charge on any atom is 0.148 e. The lowest BCUT2D eigenvalue weighted by molar-refractivity contribution is -0.146. The van der Waals surface area contributed by atoms with Crippen LogP contribution >= 0.6 is 0 Å². The molecule has 0 aromatic rings. The fourth-order valence-corrected chi connectivity index (χ4v) is 2.03. The highest BCUT2D eigenvalue weighted by Crippen LogP contribution is 2.06. The van der Waals surface area contributed by atoms with Crippen molar-refractivity contribution in [2.24, 2.45) is 0 Å². The summed E-state index contributed by atoms with van der Waals surface area (Å²) in [5, 5.41) is 3.43. The van der Waals surface area contributed by atoms with Crippen LogP contribution in [0.3, 0.4) is 0 Å². The van der Waals surface area contributed by atoms with Crippen LogP contribution in [0, 0.1) is 0 Å². The average molecular weight is 334 g/mol. The topological polar surface area (TPSA) is 49.0 Å². The maximum atomic E-state index is 5.80. The van der Waals surface area contributed by atoms with Crippen LogP contribution in [0.15, 0.2) is 0 Å². The van der Waals surface area contributed by atoms with E-state index in [-0.39, 0.29) is 12.5 Å². The molecule has 1 N–H and O–H groups in total. The molecular formula is C18H39NO4. The predicted molar refractivity (Wildman–Crippen MR) is 94.2 cm³/mol. The third-order valence-electron chi connectivity index (χ3n) is 3.46. The Balaban J connectivity index is 4.02. The van der Waals surface area contributed by atoms with Crippen LogP contribution in [-0.4, -0.2) is 39.3 Å². The third-order valence-corrected chi connectivity index (χ3v) is 3.46. The molecule has 0 aromatic carbocycles. The number of ether oxygens (including phenoxy) is 4. The van der Waals surface area contributed by atoms with Crippen molar-refractivity contribution in [3.05, 3.63) is 0 Å². The molecule has 140 valence electrons. The molecule has 0 spiro atoms. The van der Waals surface area contributed by atoms with Gasteiger partial charge in [0, 0.05) is 13.2 Å². The van der Waals surface area contributed by atoms with Gasteiger partial charge in [-0.05, 0) is 25.7 Å². The van der Waals surface area contributed by atoms with Crippen LogP contribution in [0.25, 0.3) is 0 Å². The standard InChI is InChI=1S/C18H39NO4/c1-5-9-13-20-15-22-17(11-7-3)19-18(12-8-4)23-16-21-14-10-6-2/h17-19H,5-16H2,1-4H3. The summed E-state index contributed by atoms with van der Waals surface area (Å²) in [7, 11) is 0. The first-order valence-corrected chi connectivity index (χ1v) is 9.43. The van der Waals surface area contributed by atoms with E-state index in [1.165, 1.54) is 0 Å². The van der Waals surface area contributed by atoms with Crippen molar-refractivity contribution in [1.29, 1.82) is 0 Å². The first kappa shape index (κ1) is 22.8. The van der Waals surface area contributed by atoms with E-state index in [4.69, 9.17) is 18.9 Å². The molecule has 2 atom stereocenters. The molecule has 23 heavy (non-hydrogen) atoms. The SMILES string of the molecule is CCCCOCOC(CCC)NC(CCC)OCOCCCC. The zero-order chi connectivity index (χ0) is 17.2. The van der Waals surface area contributed by atoms with Crippen LogP contribution in [0.5, 0.6) is 0 Å². The van der Waals surface area contributed by atoms with E-state index < -0.39 is 0 Å². The predicted octanol–water partition coefficient (Wildman–Crippen LogP) is 4.41. The molecule has 0 aliphatic rings. The lowest BCUT2D eigenvalue weighted by atomic mass is 10.2. The molecule has 5 heteroatoms. The molecule has 0 aromatic heterocycles. The second-order valence-electron chi connectivity index (χ2n) is 5.81. The quantitative estimate of drug-likeness (QED) is 0.297. The highest BCUT2D eigenvalue weighted by Gasteiger charge is 2.15. The third kappa shape index (κ3) is 15.1. The molecular weight excluding hydrogens is 294 g/mol. The van der Waals surface area contributed by atoms with Gasteiger partial charge in [-0.2, -0.15) is 0 Å². The smallest absolute Gasteiger partial charge is 0.148 e. The van der Waals surface area contributed by atoms with E-state index in [0.29, 0.717) is 13.6 Å². The maximum absolute atomic E-state index is 5.80. The van der Waals surface area contributed by atoms with Gasteiger partial charge >= 0.3 is 0 Å². The first-order valence-electron chi connectivity index (χ1n) is 9.43. The molecule has 0 aliphatic carbocycles. The fourth-order valence-electron chi connectivity index (χ4n) is 2.03. The Morgan fingerprint density at radius 2 is 1.09 bits per heavy atom. The monoisotopic (exact) mass is 333 g/mol. The number of nitrogens with one attached hydrogen (secondary N) is 1. The van der Waals surface area contributed by atoms with Crippen molar-refractivity contribution in [3.8, 4) is 0 Å². The lowest BCUT2D eigenvalue weighted by Crippen LogP contribution is -2.42. The van der Waals surface area contributed by atoms with Gasteiger partial charge in [0.25, 0.3) is 0 Å².